The number of imidazole rings is 1. The second-order valence-electron chi connectivity index (χ2n) is 7.93. The fraction of sp³-hybridized carbons (Fsp3) is 0.125. The Labute approximate surface area is 208 Å². The van der Waals surface area contributed by atoms with E-state index in [-0.39, 0.29) is 23.6 Å². The van der Waals surface area contributed by atoms with Crippen LogP contribution in [0.2, 0.25) is 0 Å². The predicted octanol–water partition coefficient (Wildman–Crippen LogP) is 3.64. The molecule has 0 aliphatic heterocycles. The number of anilines is 1. The van der Waals surface area contributed by atoms with Gasteiger partial charge in [-0.2, -0.15) is 13.2 Å². The molecule has 37 heavy (non-hydrogen) atoms. The number of benzene rings is 2. The molecule has 0 saturated carbocycles. The summed E-state index contributed by atoms with van der Waals surface area (Å²) < 4.78 is 63.6. The van der Waals surface area contributed by atoms with Crippen LogP contribution in [0.25, 0.3) is 5.69 Å². The highest BCUT2D eigenvalue weighted by Gasteiger charge is 2.46. The van der Waals surface area contributed by atoms with Gasteiger partial charge in [-0.15, -0.1) is 0 Å². The molecule has 9 nitrogen and oxygen atoms in total. The molecule has 0 aliphatic carbocycles. The number of hydrogen-bond acceptors (Lipinski definition) is 6. The second kappa shape index (κ2) is 9.58. The van der Waals surface area contributed by atoms with Crippen LogP contribution in [0.5, 0.6) is 5.88 Å². The van der Waals surface area contributed by atoms with Crippen molar-refractivity contribution in [2.24, 2.45) is 0 Å². The number of sulfone groups is 1. The van der Waals surface area contributed by atoms with Crippen LogP contribution in [0.3, 0.4) is 0 Å². The Kier molecular flexibility index (Phi) is 6.65. The quantitative estimate of drug-likeness (QED) is 0.391. The number of amides is 1. The van der Waals surface area contributed by atoms with E-state index in [2.05, 4.69) is 10.3 Å². The Morgan fingerprint density at radius 3 is 2.32 bits per heavy atom. The summed E-state index contributed by atoms with van der Waals surface area (Å²) in [4.78, 5) is 28.7. The first kappa shape index (κ1) is 25.7. The van der Waals surface area contributed by atoms with Crippen LogP contribution in [0.4, 0.5) is 18.9 Å². The van der Waals surface area contributed by atoms with Crippen molar-refractivity contribution in [1.82, 2.24) is 14.1 Å². The fourth-order valence-corrected chi connectivity index (χ4v) is 4.32. The number of carbonyl (C=O) groups is 1. The highest BCUT2D eigenvalue weighted by atomic mass is 32.2. The number of halogens is 3. The van der Waals surface area contributed by atoms with Gasteiger partial charge < -0.3 is 10.4 Å². The molecular formula is C24H19F3N4O5S. The minimum Gasteiger partial charge on any atom is -0.493 e. The Morgan fingerprint density at radius 2 is 1.70 bits per heavy atom. The van der Waals surface area contributed by atoms with Gasteiger partial charge in [0.15, 0.2) is 0 Å². The number of aromatic nitrogens is 3. The zero-order valence-electron chi connectivity index (χ0n) is 19.1. The van der Waals surface area contributed by atoms with E-state index in [0.29, 0.717) is 23.4 Å². The maximum Gasteiger partial charge on any atom is 0.501 e. The highest BCUT2D eigenvalue weighted by Crippen LogP contribution is 2.31. The molecular weight excluding hydrogens is 513 g/mol. The van der Waals surface area contributed by atoms with Gasteiger partial charge in [-0.3, -0.25) is 14.3 Å². The molecule has 2 aromatic carbocycles. The molecule has 4 aromatic rings. The maximum absolute atomic E-state index is 13.1. The van der Waals surface area contributed by atoms with Crippen LogP contribution in [0.15, 0.2) is 82.6 Å². The van der Waals surface area contributed by atoms with E-state index in [0.717, 1.165) is 16.7 Å². The molecule has 0 saturated heterocycles. The number of hydrogen-bond donors (Lipinski definition) is 2. The van der Waals surface area contributed by atoms with Crippen LogP contribution in [-0.2, 0) is 16.4 Å². The number of alkyl halides is 3. The average molecular weight is 533 g/mol. The normalized spacial score (nSPS) is 11.9. The molecule has 0 radical (unpaired) electrons. The molecule has 2 heterocycles. The van der Waals surface area contributed by atoms with Gasteiger partial charge in [0.05, 0.1) is 22.8 Å². The lowest BCUT2D eigenvalue weighted by molar-refractivity contribution is -0.0436. The van der Waals surface area contributed by atoms with E-state index in [1.54, 1.807) is 36.4 Å². The predicted molar refractivity (Wildman–Crippen MR) is 127 cm³/mol. The van der Waals surface area contributed by atoms with Gasteiger partial charge in [0, 0.05) is 11.9 Å². The molecule has 13 heteroatoms. The molecule has 1 amide bonds. The molecule has 0 spiro atoms. The first-order valence-electron chi connectivity index (χ1n) is 10.6. The molecule has 0 aliphatic rings. The fourth-order valence-electron chi connectivity index (χ4n) is 3.56. The first-order valence-corrected chi connectivity index (χ1v) is 12.1. The summed E-state index contributed by atoms with van der Waals surface area (Å²) in [6.07, 6.45) is 1.40. The summed E-state index contributed by atoms with van der Waals surface area (Å²) in [5.74, 6) is -0.945. The molecule has 0 bridgehead atoms. The second-order valence-corrected chi connectivity index (χ2v) is 9.87. The van der Waals surface area contributed by atoms with E-state index in [1.807, 2.05) is 0 Å². The Balaban J connectivity index is 1.62. The van der Waals surface area contributed by atoms with Crippen LogP contribution in [-0.4, -0.2) is 39.1 Å². The van der Waals surface area contributed by atoms with Crippen molar-refractivity contribution in [2.45, 2.75) is 23.9 Å². The van der Waals surface area contributed by atoms with Crippen LogP contribution in [0.1, 0.15) is 21.7 Å². The zero-order valence-corrected chi connectivity index (χ0v) is 19.9. The van der Waals surface area contributed by atoms with Crippen LogP contribution in [0, 0.1) is 6.92 Å². The van der Waals surface area contributed by atoms with Gasteiger partial charge in [-0.05, 0) is 61.0 Å². The van der Waals surface area contributed by atoms with Gasteiger partial charge in [0.1, 0.15) is 5.69 Å². The number of nitrogens with one attached hydrogen (secondary N) is 1. The number of pyridine rings is 1. The molecule has 4 rings (SSSR count). The van der Waals surface area contributed by atoms with Gasteiger partial charge in [-0.25, -0.2) is 17.8 Å². The molecule has 0 unspecified atom stereocenters. The van der Waals surface area contributed by atoms with E-state index >= 15 is 0 Å². The van der Waals surface area contributed by atoms with Crippen molar-refractivity contribution in [3.05, 3.63) is 100 Å². The minimum absolute atomic E-state index is 0.0388. The smallest absolute Gasteiger partial charge is 0.493 e. The molecule has 0 fully saturated rings. The minimum atomic E-state index is -5.56. The largest absolute Gasteiger partial charge is 0.501 e. The number of para-hydroxylation sites is 1. The summed E-state index contributed by atoms with van der Waals surface area (Å²) in [5.41, 5.74) is -4.92. The van der Waals surface area contributed by atoms with Crippen molar-refractivity contribution in [3.8, 4) is 11.6 Å². The van der Waals surface area contributed by atoms with Crippen LogP contribution < -0.4 is 11.0 Å². The Bertz CT molecular complexity index is 1630. The zero-order chi connectivity index (χ0) is 27.0. The van der Waals surface area contributed by atoms with Crippen molar-refractivity contribution in [1.29, 1.82) is 0 Å². The number of carbonyl (C=O) groups excluding carboxylic acids is 1. The van der Waals surface area contributed by atoms with E-state index in [9.17, 15) is 36.3 Å². The Morgan fingerprint density at radius 1 is 1.05 bits per heavy atom. The highest BCUT2D eigenvalue weighted by molar-refractivity contribution is 7.92. The SMILES string of the molecule is Cc1c(O)n(-c2ccc(S(=O)(=O)C(F)(F)F)cc2)c(=O)n1Cc1ccnc(C(=O)Nc2ccccc2)c1. The lowest BCUT2D eigenvalue weighted by atomic mass is 10.2. The Hall–Kier alpha value is -4.39. The standard InChI is InChI=1S/C24H19F3N4O5S/c1-15-22(33)31(18-7-9-19(10-8-18)37(35,36)24(25,26)27)23(34)30(15)14-16-11-12-28-20(13-16)21(32)29-17-5-3-2-4-6-17/h2-13,33H,14H2,1H3,(H,29,32). The monoisotopic (exact) mass is 532 g/mol. The maximum atomic E-state index is 13.1. The van der Waals surface area contributed by atoms with Crippen molar-refractivity contribution in [2.75, 3.05) is 5.32 Å². The summed E-state index contributed by atoms with van der Waals surface area (Å²) in [6, 6.07) is 15.2. The van der Waals surface area contributed by atoms with Crippen molar-refractivity contribution >= 4 is 21.4 Å². The summed E-state index contributed by atoms with van der Waals surface area (Å²) in [5, 5.41) is 13.3. The molecule has 2 aromatic heterocycles. The molecule has 2 N–H and O–H groups in total. The van der Waals surface area contributed by atoms with E-state index in [4.69, 9.17) is 0 Å². The molecule has 0 atom stereocenters. The number of aromatic hydroxyl groups is 1. The van der Waals surface area contributed by atoms with Gasteiger partial charge in [0.2, 0.25) is 5.88 Å². The van der Waals surface area contributed by atoms with Gasteiger partial charge >= 0.3 is 11.2 Å². The topological polar surface area (TPSA) is 123 Å². The van der Waals surface area contributed by atoms with E-state index in [1.165, 1.54) is 23.8 Å². The summed E-state index contributed by atoms with van der Waals surface area (Å²) in [6.45, 7) is 1.40. The lowest BCUT2D eigenvalue weighted by Crippen LogP contribution is -2.25. The summed E-state index contributed by atoms with van der Waals surface area (Å²) in [7, 11) is -5.56. The van der Waals surface area contributed by atoms with Crippen molar-refractivity contribution < 1.29 is 31.5 Å². The average Bonchev–Trinajstić information content (AvgIpc) is 3.07. The van der Waals surface area contributed by atoms with Crippen LogP contribution >= 0.6 is 0 Å². The number of nitrogens with zero attached hydrogens (tertiary/aromatic N) is 3. The third-order valence-corrected chi connectivity index (χ3v) is 7.00. The van der Waals surface area contributed by atoms with Gasteiger partial charge in [-0.1, -0.05) is 18.2 Å². The van der Waals surface area contributed by atoms with E-state index < -0.39 is 37.7 Å². The first-order chi connectivity index (χ1) is 17.4. The van der Waals surface area contributed by atoms with Crippen molar-refractivity contribution in [3.63, 3.8) is 0 Å². The third kappa shape index (κ3) is 4.98. The summed E-state index contributed by atoms with van der Waals surface area (Å²) >= 11 is 0. The number of rotatable bonds is 6. The lowest BCUT2D eigenvalue weighted by Gasteiger charge is -2.09. The third-order valence-electron chi connectivity index (χ3n) is 5.50. The molecule has 192 valence electrons. The van der Waals surface area contributed by atoms with Gasteiger partial charge in [0.25, 0.3) is 15.7 Å².